The van der Waals surface area contributed by atoms with E-state index in [1.54, 1.807) is 19.2 Å². The Hall–Kier alpha value is -2.89. The number of amides is 2. The number of carbonyl (C=O) groups excluding carboxylic acids is 2. The van der Waals surface area contributed by atoms with Gasteiger partial charge in [0.25, 0.3) is 5.91 Å². The molecule has 1 aliphatic rings. The van der Waals surface area contributed by atoms with Crippen molar-refractivity contribution < 1.29 is 9.59 Å². The number of benzene rings is 1. The molecule has 1 fully saturated rings. The third-order valence-electron chi connectivity index (χ3n) is 5.07. The molecular formula is C22H28N4O2. The van der Waals surface area contributed by atoms with Gasteiger partial charge in [0.05, 0.1) is 5.56 Å². The van der Waals surface area contributed by atoms with Crippen LogP contribution in [0.25, 0.3) is 0 Å². The molecule has 0 spiro atoms. The van der Waals surface area contributed by atoms with Gasteiger partial charge in [0, 0.05) is 45.0 Å². The molecule has 2 heterocycles. The highest BCUT2D eigenvalue weighted by atomic mass is 16.2. The molecule has 1 aromatic heterocycles. The average Bonchev–Trinajstić information content (AvgIpc) is 2.68. The fourth-order valence-corrected chi connectivity index (χ4v) is 3.21. The Balaban J connectivity index is 1.60. The molecule has 1 saturated heterocycles. The van der Waals surface area contributed by atoms with Crippen molar-refractivity contribution in [1.29, 1.82) is 0 Å². The molecule has 0 aliphatic carbocycles. The SMILES string of the molecule is CC(=O)N1CCN(c2ccc(C(=O)Nc3ccc(C(C)(C)C)cc3)cn2)CC1. The van der Waals surface area contributed by atoms with Crippen LogP contribution in [0.1, 0.15) is 43.6 Å². The summed E-state index contributed by atoms with van der Waals surface area (Å²) in [5.41, 5.74) is 2.59. The highest BCUT2D eigenvalue weighted by molar-refractivity contribution is 6.04. The third-order valence-corrected chi connectivity index (χ3v) is 5.07. The number of rotatable bonds is 3. The average molecular weight is 380 g/mol. The molecule has 2 aromatic rings. The first kappa shape index (κ1) is 19.9. The highest BCUT2D eigenvalue weighted by Crippen LogP contribution is 2.23. The standard InChI is InChI=1S/C22H28N4O2/c1-16(27)25-11-13-26(14-12-25)20-10-5-17(15-23-20)21(28)24-19-8-6-18(7-9-19)22(2,3)4/h5-10,15H,11-14H2,1-4H3,(H,24,28). The predicted molar refractivity (Wildman–Crippen MR) is 112 cm³/mol. The molecule has 6 nitrogen and oxygen atoms in total. The first-order chi connectivity index (χ1) is 13.2. The van der Waals surface area contributed by atoms with Gasteiger partial charge < -0.3 is 15.1 Å². The van der Waals surface area contributed by atoms with Crippen molar-refractivity contribution in [3.05, 3.63) is 53.7 Å². The van der Waals surface area contributed by atoms with Crippen molar-refractivity contribution in [3.8, 4) is 0 Å². The Morgan fingerprint density at radius 2 is 1.61 bits per heavy atom. The summed E-state index contributed by atoms with van der Waals surface area (Å²) in [5.74, 6) is 0.758. The van der Waals surface area contributed by atoms with Crippen LogP contribution in [0.3, 0.4) is 0 Å². The molecule has 3 rings (SSSR count). The van der Waals surface area contributed by atoms with Crippen LogP contribution in [0, 0.1) is 0 Å². The van der Waals surface area contributed by atoms with E-state index in [-0.39, 0.29) is 17.2 Å². The summed E-state index contributed by atoms with van der Waals surface area (Å²) in [6.07, 6.45) is 1.60. The van der Waals surface area contributed by atoms with E-state index < -0.39 is 0 Å². The molecule has 0 bridgehead atoms. The Bertz CT molecular complexity index is 830. The van der Waals surface area contributed by atoms with Gasteiger partial charge in [0.1, 0.15) is 5.82 Å². The second kappa shape index (κ2) is 8.00. The van der Waals surface area contributed by atoms with Crippen LogP contribution in [0.4, 0.5) is 11.5 Å². The van der Waals surface area contributed by atoms with E-state index in [1.807, 2.05) is 35.2 Å². The maximum atomic E-state index is 12.5. The van der Waals surface area contributed by atoms with Gasteiger partial charge in [-0.2, -0.15) is 0 Å². The van der Waals surface area contributed by atoms with Crippen LogP contribution < -0.4 is 10.2 Å². The number of carbonyl (C=O) groups is 2. The molecule has 0 unspecified atom stereocenters. The van der Waals surface area contributed by atoms with Crippen LogP contribution in [-0.2, 0) is 10.2 Å². The number of pyridine rings is 1. The minimum Gasteiger partial charge on any atom is -0.353 e. The summed E-state index contributed by atoms with van der Waals surface area (Å²) in [4.78, 5) is 32.3. The molecular weight excluding hydrogens is 352 g/mol. The van der Waals surface area contributed by atoms with Gasteiger partial charge in [-0.25, -0.2) is 4.98 Å². The number of hydrogen-bond donors (Lipinski definition) is 1. The van der Waals surface area contributed by atoms with Gasteiger partial charge in [-0.15, -0.1) is 0 Å². The fourth-order valence-electron chi connectivity index (χ4n) is 3.21. The maximum Gasteiger partial charge on any atom is 0.257 e. The number of nitrogens with zero attached hydrogens (tertiary/aromatic N) is 3. The van der Waals surface area contributed by atoms with Crippen LogP contribution in [0.15, 0.2) is 42.6 Å². The van der Waals surface area contributed by atoms with Crippen molar-refractivity contribution >= 4 is 23.3 Å². The van der Waals surface area contributed by atoms with E-state index in [0.717, 1.165) is 24.6 Å². The molecule has 1 aromatic carbocycles. The van der Waals surface area contributed by atoms with Crippen molar-refractivity contribution in [2.24, 2.45) is 0 Å². The number of nitrogens with one attached hydrogen (secondary N) is 1. The molecule has 2 amide bonds. The maximum absolute atomic E-state index is 12.5. The largest absolute Gasteiger partial charge is 0.353 e. The normalized spacial score (nSPS) is 14.7. The van der Waals surface area contributed by atoms with Crippen molar-refractivity contribution in [1.82, 2.24) is 9.88 Å². The highest BCUT2D eigenvalue weighted by Gasteiger charge is 2.20. The second-order valence-electron chi connectivity index (χ2n) is 8.18. The van der Waals surface area contributed by atoms with Crippen molar-refractivity contribution in [2.75, 3.05) is 36.4 Å². The van der Waals surface area contributed by atoms with E-state index in [9.17, 15) is 9.59 Å². The zero-order valence-electron chi connectivity index (χ0n) is 17.0. The zero-order valence-corrected chi connectivity index (χ0v) is 17.0. The minimum atomic E-state index is -0.177. The lowest BCUT2D eigenvalue weighted by Crippen LogP contribution is -2.48. The number of piperazine rings is 1. The smallest absolute Gasteiger partial charge is 0.257 e. The van der Waals surface area contributed by atoms with Crippen molar-refractivity contribution in [2.45, 2.75) is 33.1 Å². The summed E-state index contributed by atoms with van der Waals surface area (Å²) < 4.78 is 0. The Kier molecular flexibility index (Phi) is 5.68. The molecule has 0 saturated carbocycles. The van der Waals surface area contributed by atoms with Gasteiger partial charge >= 0.3 is 0 Å². The van der Waals surface area contributed by atoms with E-state index >= 15 is 0 Å². The molecule has 1 aliphatic heterocycles. The van der Waals surface area contributed by atoms with Crippen LogP contribution in [0.5, 0.6) is 0 Å². The van der Waals surface area contributed by atoms with Crippen LogP contribution >= 0.6 is 0 Å². The lowest BCUT2D eigenvalue weighted by atomic mass is 9.87. The first-order valence-electron chi connectivity index (χ1n) is 9.62. The number of aromatic nitrogens is 1. The van der Waals surface area contributed by atoms with Gasteiger partial charge in [-0.05, 0) is 35.2 Å². The summed E-state index contributed by atoms with van der Waals surface area (Å²) in [6, 6.07) is 11.6. The van der Waals surface area contributed by atoms with E-state index in [1.165, 1.54) is 5.56 Å². The van der Waals surface area contributed by atoms with Gasteiger partial charge in [0.2, 0.25) is 5.91 Å². The number of anilines is 2. The Morgan fingerprint density at radius 3 is 2.11 bits per heavy atom. The number of hydrogen-bond acceptors (Lipinski definition) is 4. The lowest BCUT2D eigenvalue weighted by Gasteiger charge is -2.34. The minimum absolute atomic E-state index is 0.0815. The quantitative estimate of drug-likeness (QED) is 0.887. The van der Waals surface area contributed by atoms with Crippen LogP contribution in [0.2, 0.25) is 0 Å². The van der Waals surface area contributed by atoms with Crippen LogP contribution in [-0.4, -0.2) is 47.9 Å². The summed E-state index contributed by atoms with van der Waals surface area (Å²) in [6.45, 7) is 11.0. The Morgan fingerprint density at radius 1 is 0.964 bits per heavy atom. The zero-order chi connectivity index (χ0) is 20.3. The Labute approximate surface area is 166 Å². The summed E-state index contributed by atoms with van der Waals surface area (Å²) in [5, 5.41) is 2.92. The van der Waals surface area contributed by atoms with E-state index in [2.05, 4.69) is 36.0 Å². The molecule has 148 valence electrons. The van der Waals surface area contributed by atoms with E-state index in [4.69, 9.17) is 0 Å². The summed E-state index contributed by atoms with van der Waals surface area (Å²) in [7, 11) is 0. The predicted octanol–water partition coefficient (Wildman–Crippen LogP) is 3.30. The topological polar surface area (TPSA) is 65.5 Å². The molecule has 0 radical (unpaired) electrons. The fraction of sp³-hybridized carbons (Fsp3) is 0.409. The first-order valence-corrected chi connectivity index (χ1v) is 9.62. The van der Waals surface area contributed by atoms with E-state index in [0.29, 0.717) is 18.7 Å². The monoisotopic (exact) mass is 380 g/mol. The molecule has 0 atom stereocenters. The van der Waals surface area contributed by atoms with Gasteiger partial charge in [-0.3, -0.25) is 9.59 Å². The second-order valence-corrected chi connectivity index (χ2v) is 8.18. The molecule has 1 N–H and O–H groups in total. The van der Waals surface area contributed by atoms with Gasteiger partial charge in [0.15, 0.2) is 0 Å². The molecule has 6 heteroatoms. The third kappa shape index (κ3) is 4.68. The summed E-state index contributed by atoms with van der Waals surface area (Å²) >= 11 is 0. The van der Waals surface area contributed by atoms with Gasteiger partial charge in [-0.1, -0.05) is 32.9 Å². The molecule has 28 heavy (non-hydrogen) atoms. The van der Waals surface area contributed by atoms with Crippen molar-refractivity contribution in [3.63, 3.8) is 0 Å². The lowest BCUT2D eigenvalue weighted by molar-refractivity contribution is -0.129.